The summed E-state index contributed by atoms with van der Waals surface area (Å²) in [5.74, 6) is 0. The van der Waals surface area contributed by atoms with Crippen LogP contribution in [0.2, 0.25) is 5.02 Å². The molecular weight excluding hydrogens is 258 g/mol. The van der Waals surface area contributed by atoms with E-state index in [4.69, 9.17) is 30.4 Å². The molecule has 1 unspecified atom stereocenters. The van der Waals surface area contributed by atoms with Gasteiger partial charge in [-0.15, -0.1) is 0 Å². The molecule has 2 aromatic rings. The van der Waals surface area contributed by atoms with E-state index in [1.807, 2.05) is 12.1 Å². The van der Waals surface area contributed by atoms with Gasteiger partial charge in [0.2, 0.25) is 0 Å². The molecule has 0 aliphatic carbocycles. The number of nitrogens with zero attached hydrogens (tertiary/aromatic N) is 3. The molecule has 4 nitrogen and oxygen atoms in total. The topological polar surface area (TPSA) is 67.6 Å². The number of nitriles is 1. The SMILES string of the molecule is [B]C(C)(N)Cn1ccc(-c2ccc(C#N)c(Cl)c2)n1. The fourth-order valence-electron chi connectivity index (χ4n) is 1.72. The predicted molar refractivity (Wildman–Crippen MR) is 75.7 cm³/mol. The molecule has 1 aromatic carbocycles. The Hall–Kier alpha value is -1.77. The molecule has 1 heterocycles. The highest BCUT2D eigenvalue weighted by molar-refractivity contribution is 6.32. The van der Waals surface area contributed by atoms with Gasteiger partial charge in [-0.05, 0) is 23.6 Å². The van der Waals surface area contributed by atoms with Crippen molar-refractivity contribution in [3.63, 3.8) is 0 Å². The van der Waals surface area contributed by atoms with Gasteiger partial charge in [0.1, 0.15) is 6.07 Å². The average Bonchev–Trinajstić information content (AvgIpc) is 2.75. The summed E-state index contributed by atoms with van der Waals surface area (Å²) in [4.78, 5) is 0. The van der Waals surface area contributed by atoms with Crippen molar-refractivity contribution in [1.82, 2.24) is 9.78 Å². The highest BCUT2D eigenvalue weighted by Crippen LogP contribution is 2.24. The maximum Gasteiger partial charge on any atom is 0.101 e. The number of aromatic nitrogens is 2. The summed E-state index contributed by atoms with van der Waals surface area (Å²) in [6.45, 7) is 2.14. The van der Waals surface area contributed by atoms with Gasteiger partial charge in [0, 0.05) is 11.8 Å². The van der Waals surface area contributed by atoms with Crippen molar-refractivity contribution < 1.29 is 0 Å². The third kappa shape index (κ3) is 3.37. The van der Waals surface area contributed by atoms with Gasteiger partial charge in [-0.2, -0.15) is 10.4 Å². The van der Waals surface area contributed by atoms with E-state index in [1.54, 1.807) is 36.0 Å². The molecule has 2 N–H and O–H groups in total. The van der Waals surface area contributed by atoms with Crippen molar-refractivity contribution in [2.45, 2.75) is 18.9 Å². The molecule has 0 aliphatic rings. The second-order valence-electron chi connectivity index (χ2n) is 4.71. The second kappa shape index (κ2) is 5.08. The van der Waals surface area contributed by atoms with Crippen LogP contribution < -0.4 is 5.73 Å². The highest BCUT2D eigenvalue weighted by Gasteiger charge is 2.12. The summed E-state index contributed by atoms with van der Waals surface area (Å²) in [6, 6.07) is 9.07. The standard InChI is InChI=1S/C13H12BClN4/c1-13(14,17)8-19-5-4-12(18-19)9-2-3-10(7-16)11(15)6-9/h2-6H,8,17H2,1H3. The first-order valence-electron chi connectivity index (χ1n) is 5.70. The summed E-state index contributed by atoms with van der Waals surface area (Å²) in [7, 11) is 5.74. The molecule has 0 bridgehead atoms. The van der Waals surface area contributed by atoms with Gasteiger partial charge in [-0.3, -0.25) is 4.68 Å². The molecule has 2 radical (unpaired) electrons. The van der Waals surface area contributed by atoms with Crippen molar-refractivity contribution in [3.05, 3.63) is 41.0 Å². The van der Waals surface area contributed by atoms with Crippen molar-refractivity contribution in [2.75, 3.05) is 0 Å². The summed E-state index contributed by atoms with van der Waals surface area (Å²) >= 11 is 6.00. The lowest BCUT2D eigenvalue weighted by atomic mass is 9.81. The zero-order valence-electron chi connectivity index (χ0n) is 10.5. The van der Waals surface area contributed by atoms with Crippen LogP contribution in [0.25, 0.3) is 11.3 Å². The van der Waals surface area contributed by atoms with E-state index >= 15 is 0 Å². The van der Waals surface area contributed by atoms with Gasteiger partial charge >= 0.3 is 0 Å². The molecule has 1 aromatic heterocycles. The molecule has 0 spiro atoms. The minimum absolute atomic E-state index is 0.414. The Morgan fingerprint density at radius 3 is 2.84 bits per heavy atom. The van der Waals surface area contributed by atoms with Crippen LogP contribution >= 0.6 is 11.6 Å². The van der Waals surface area contributed by atoms with Crippen LogP contribution in [0.3, 0.4) is 0 Å². The zero-order valence-corrected chi connectivity index (χ0v) is 11.2. The molecular formula is C13H12BClN4. The number of hydrogen-bond donors (Lipinski definition) is 1. The summed E-state index contributed by atoms with van der Waals surface area (Å²) in [5, 5.41) is 13.6. The van der Waals surface area contributed by atoms with Gasteiger partial charge in [-0.1, -0.05) is 24.6 Å². The molecule has 0 fully saturated rings. The van der Waals surface area contributed by atoms with Crippen molar-refractivity contribution >= 4 is 19.4 Å². The van der Waals surface area contributed by atoms with Gasteiger partial charge in [-0.25, -0.2) is 0 Å². The van der Waals surface area contributed by atoms with Crippen molar-refractivity contribution in [1.29, 1.82) is 5.26 Å². The summed E-state index contributed by atoms with van der Waals surface area (Å²) in [6.07, 6.45) is 1.80. The number of hydrogen-bond acceptors (Lipinski definition) is 3. The van der Waals surface area contributed by atoms with E-state index in [9.17, 15) is 0 Å². The number of rotatable bonds is 3. The van der Waals surface area contributed by atoms with Gasteiger partial charge in [0.25, 0.3) is 0 Å². The molecule has 0 saturated heterocycles. The number of nitrogens with two attached hydrogens (primary N) is 1. The molecule has 1 atom stereocenters. The fourth-order valence-corrected chi connectivity index (χ4v) is 1.94. The molecule has 19 heavy (non-hydrogen) atoms. The minimum Gasteiger partial charge on any atom is -0.332 e. The summed E-state index contributed by atoms with van der Waals surface area (Å²) < 4.78 is 1.68. The Morgan fingerprint density at radius 2 is 2.26 bits per heavy atom. The molecule has 94 valence electrons. The molecule has 0 saturated carbocycles. The van der Waals surface area contributed by atoms with Crippen molar-refractivity contribution in [3.8, 4) is 17.3 Å². The summed E-state index contributed by atoms with van der Waals surface area (Å²) in [5.41, 5.74) is 6.97. The van der Waals surface area contributed by atoms with Crippen molar-refractivity contribution in [2.24, 2.45) is 5.73 Å². The first kappa shape index (κ1) is 13.7. The highest BCUT2D eigenvalue weighted by atomic mass is 35.5. The number of halogens is 1. The van der Waals surface area contributed by atoms with E-state index in [1.165, 1.54) is 0 Å². The van der Waals surface area contributed by atoms with E-state index in [0.29, 0.717) is 17.1 Å². The third-order valence-electron chi connectivity index (χ3n) is 2.53. The molecule has 6 heteroatoms. The maximum atomic E-state index is 8.83. The Labute approximate surface area is 118 Å². The van der Waals surface area contributed by atoms with Crippen LogP contribution in [0.4, 0.5) is 0 Å². The van der Waals surface area contributed by atoms with Gasteiger partial charge < -0.3 is 5.73 Å². The van der Waals surface area contributed by atoms with E-state index < -0.39 is 5.44 Å². The van der Waals surface area contributed by atoms with Gasteiger partial charge in [0.15, 0.2) is 0 Å². The van der Waals surface area contributed by atoms with E-state index in [2.05, 4.69) is 5.10 Å². The Kier molecular flexibility index (Phi) is 3.65. The smallest absolute Gasteiger partial charge is 0.101 e. The van der Waals surface area contributed by atoms with Crippen LogP contribution in [0, 0.1) is 11.3 Å². The van der Waals surface area contributed by atoms with Gasteiger partial charge in [0.05, 0.1) is 30.7 Å². The monoisotopic (exact) mass is 270 g/mol. The van der Waals surface area contributed by atoms with Crippen LogP contribution in [0.5, 0.6) is 0 Å². The molecule has 0 amide bonds. The first-order chi connectivity index (χ1) is 8.89. The lowest BCUT2D eigenvalue weighted by Crippen LogP contribution is -2.41. The quantitative estimate of drug-likeness (QED) is 0.866. The fraction of sp³-hybridized carbons (Fsp3) is 0.231. The molecule has 0 aliphatic heterocycles. The Bertz CT molecular complexity index is 637. The third-order valence-corrected chi connectivity index (χ3v) is 2.84. The zero-order chi connectivity index (χ0) is 14.0. The van der Waals surface area contributed by atoms with Crippen LogP contribution in [-0.4, -0.2) is 23.1 Å². The maximum absolute atomic E-state index is 8.83. The Balaban J connectivity index is 2.28. The minimum atomic E-state index is -0.814. The van der Waals surface area contributed by atoms with Crippen LogP contribution in [0.15, 0.2) is 30.5 Å². The Morgan fingerprint density at radius 1 is 1.53 bits per heavy atom. The largest absolute Gasteiger partial charge is 0.332 e. The normalized spacial score (nSPS) is 13.8. The average molecular weight is 271 g/mol. The lowest BCUT2D eigenvalue weighted by Gasteiger charge is -2.18. The second-order valence-corrected chi connectivity index (χ2v) is 5.12. The predicted octanol–water partition coefficient (Wildman–Crippen LogP) is 1.92. The van der Waals surface area contributed by atoms with E-state index in [-0.39, 0.29) is 0 Å². The number of benzene rings is 1. The first-order valence-corrected chi connectivity index (χ1v) is 6.08. The van der Waals surface area contributed by atoms with Crippen LogP contribution in [-0.2, 0) is 6.54 Å². The van der Waals surface area contributed by atoms with E-state index in [0.717, 1.165) is 11.3 Å². The molecule has 2 rings (SSSR count). The van der Waals surface area contributed by atoms with Crippen LogP contribution in [0.1, 0.15) is 12.5 Å². The lowest BCUT2D eigenvalue weighted by molar-refractivity contribution is 0.495.